The van der Waals surface area contributed by atoms with Crippen LogP contribution in [-0.4, -0.2) is 146 Å². The fraction of sp³-hybridized carbons (Fsp3) is 0.784. The van der Waals surface area contributed by atoms with Gasteiger partial charge in [0.1, 0.15) is 5.78 Å². The van der Waals surface area contributed by atoms with Crippen LogP contribution in [0.25, 0.3) is 10.4 Å². The molecule has 0 spiro atoms. The molecule has 7 N–H and O–H groups in total. The number of rotatable bonds is 42. The number of ether oxygens (including phenoxy) is 3. The molecule has 0 saturated carbocycles. The number of aliphatic imine (C=N–C) groups is 2. The number of fused-ring (bicyclic) bond motifs is 2. The molecule has 4 aliphatic rings. The molecule has 2 fully saturated rings. The van der Waals surface area contributed by atoms with Crippen molar-refractivity contribution in [2.45, 2.75) is 176 Å². The normalized spacial score (nSPS) is 21.2. The minimum atomic E-state index is 0.124. The van der Waals surface area contributed by atoms with Crippen molar-refractivity contribution in [3.63, 3.8) is 0 Å². The van der Waals surface area contributed by atoms with Gasteiger partial charge in [-0.05, 0) is 82.0 Å². The highest BCUT2D eigenvalue weighted by atomic mass is 32.2. The zero-order valence-electron chi connectivity index (χ0n) is 41.9. The number of thioether (sulfide) groups is 2. The predicted molar refractivity (Wildman–Crippen MR) is 285 cm³/mol. The first-order chi connectivity index (χ1) is 34.3. The number of unbranched alkanes of at least 4 members (excludes halogenated alkanes) is 10. The molecular formula is C51H85N11O6S2. The van der Waals surface area contributed by atoms with E-state index in [1.54, 1.807) is 0 Å². The maximum atomic E-state index is 13.0. The molecule has 4 heterocycles. The van der Waals surface area contributed by atoms with Crippen LogP contribution in [0.4, 0.5) is 0 Å². The first-order valence-corrected chi connectivity index (χ1v) is 28.7. The van der Waals surface area contributed by atoms with Gasteiger partial charge in [-0.25, -0.2) is 9.98 Å². The fourth-order valence-corrected chi connectivity index (χ4v) is 12.7. The van der Waals surface area contributed by atoms with Gasteiger partial charge in [-0.15, -0.1) is 0 Å². The van der Waals surface area contributed by atoms with Crippen LogP contribution in [0.5, 0.6) is 0 Å². The summed E-state index contributed by atoms with van der Waals surface area (Å²) in [6.07, 6.45) is 20.3. The number of guanidine groups is 2. The molecular weight excluding hydrogens is 927 g/mol. The molecule has 6 unspecified atom stereocenters. The van der Waals surface area contributed by atoms with Crippen molar-refractivity contribution in [1.29, 1.82) is 0 Å². The van der Waals surface area contributed by atoms with Gasteiger partial charge in [0.15, 0.2) is 17.7 Å². The van der Waals surface area contributed by atoms with E-state index in [9.17, 15) is 14.4 Å². The zero-order chi connectivity index (χ0) is 49.4. The van der Waals surface area contributed by atoms with Crippen LogP contribution < -0.4 is 27.4 Å². The molecule has 4 aliphatic heterocycles. The van der Waals surface area contributed by atoms with Crippen molar-refractivity contribution in [3.05, 3.63) is 45.8 Å². The van der Waals surface area contributed by atoms with Crippen LogP contribution in [0.3, 0.4) is 0 Å². The summed E-state index contributed by atoms with van der Waals surface area (Å²) in [5.74, 6) is 3.96. The molecule has 0 aliphatic carbocycles. The summed E-state index contributed by atoms with van der Waals surface area (Å²) in [7, 11) is 0. The lowest BCUT2D eigenvalue weighted by Crippen LogP contribution is -2.38. The molecule has 0 radical (unpaired) electrons. The van der Waals surface area contributed by atoms with E-state index >= 15 is 0 Å². The van der Waals surface area contributed by atoms with Crippen molar-refractivity contribution in [2.75, 3.05) is 77.3 Å². The fourth-order valence-electron chi connectivity index (χ4n) is 9.67. The lowest BCUT2D eigenvalue weighted by molar-refractivity contribution is -0.121. The average Bonchev–Trinajstić information content (AvgIpc) is 4.13. The molecule has 5 rings (SSSR count). The third-order valence-electron chi connectivity index (χ3n) is 13.6. The Balaban J connectivity index is 0.911. The number of nitrogens with one attached hydrogen (secondary N) is 3. The number of Topliss-reactive ketones (excluding diaryl/α,β-unsaturated/α-hetero) is 2. The molecule has 392 valence electrons. The largest absolute Gasteiger partial charge is 0.379 e. The molecule has 0 aromatic heterocycles. The summed E-state index contributed by atoms with van der Waals surface area (Å²) < 4.78 is 16.4. The van der Waals surface area contributed by atoms with Crippen LogP contribution in [-0.2, 0) is 30.3 Å². The van der Waals surface area contributed by atoms with E-state index in [4.69, 9.17) is 31.2 Å². The van der Waals surface area contributed by atoms with Gasteiger partial charge in [-0.3, -0.25) is 19.3 Å². The monoisotopic (exact) mass is 1010 g/mol. The van der Waals surface area contributed by atoms with E-state index in [1.807, 2.05) is 35.7 Å². The van der Waals surface area contributed by atoms with Gasteiger partial charge in [0.25, 0.3) is 0 Å². The van der Waals surface area contributed by atoms with E-state index in [1.165, 1.54) is 5.56 Å². The zero-order valence-corrected chi connectivity index (χ0v) is 43.6. The molecule has 1 amide bonds. The smallest absolute Gasteiger partial charge is 0.219 e. The number of ketones is 2. The Bertz CT molecular complexity index is 1790. The van der Waals surface area contributed by atoms with Gasteiger partial charge in [0.05, 0.1) is 57.2 Å². The Hall–Kier alpha value is -3.58. The summed E-state index contributed by atoms with van der Waals surface area (Å²) in [5, 5.41) is 14.1. The van der Waals surface area contributed by atoms with Crippen LogP contribution in [0, 0.1) is 0 Å². The molecule has 6 atom stereocenters. The van der Waals surface area contributed by atoms with Gasteiger partial charge in [-0.2, -0.15) is 23.5 Å². The number of carbonyl (C=O) groups is 3. The Labute approximate surface area is 426 Å². The average molecular weight is 1010 g/mol. The second-order valence-corrected chi connectivity index (χ2v) is 21.8. The first kappa shape index (κ1) is 57.3. The quantitative estimate of drug-likeness (QED) is 0.0141. The van der Waals surface area contributed by atoms with Gasteiger partial charge < -0.3 is 41.6 Å². The second-order valence-electron chi connectivity index (χ2n) is 19.2. The minimum Gasteiger partial charge on any atom is -0.379 e. The molecule has 2 saturated heterocycles. The highest BCUT2D eigenvalue weighted by Crippen LogP contribution is 2.36. The van der Waals surface area contributed by atoms with Crippen LogP contribution in [0.2, 0.25) is 0 Å². The molecule has 1 aromatic carbocycles. The maximum Gasteiger partial charge on any atom is 0.219 e. The molecule has 1 aromatic rings. The number of amides is 1. The lowest BCUT2D eigenvalue weighted by Gasteiger charge is -2.23. The van der Waals surface area contributed by atoms with Gasteiger partial charge in [0.2, 0.25) is 5.91 Å². The molecule has 19 heteroatoms. The van der Waals surface area contributed by atoms with Gasteiger partial charge in [-0.1, -0.05) is 80.7 Å². The number of azide groups is 1. The van der Waals surface area contributed by atoms with Crippen LogP contribution >= 0.6 is 23.5 Å². The summed E-state index contributed by atoms with van der Waals surface area (Å²) in [6, 6.07) is 9.48. The number of nitrogens with zero attached hydrogens (tertiary/aromatic N) is 6. The Kier molecular flexibility index (Phi) is 28.4. The van der Waals surface area contributed by atoms with Crippen molar-refractivity contribution < 1.29 is 28.6 Å². The number of nitrogens with two attached hydrogens (primary N) is 2. The molecule has 0 bridgehead atoms. The second kappa shape index (κ2) is 34.7. The van der Waals surface area contributed by atoms with Gasteiger partial charge in [0, 0.05) is 84.4 Å². The number of carbonyl (C=O) groups excluding carboxylic acids is 3. The topological polar surface area (TPSA) is 244 Å². The van der Waals surface area contributed by atoms with Crippen molar-refractivity contribution >= 4 is 52.9 Å². The number of hydrogen-bond donors (Lipinski definition) is 5. The molecule has 70 heavy (non-hydrogen) atoms. The Morgan fingerprint density at radius 3 is 1.81 bits per heavy atom. The summed E-state index contributed by atoms with van der Waals surface area (Å²) in [6.45, 7) is 6.64. The standard InChI is InChI=1S/C51H85N11O6S2/c52-50-57-42-37-69-45(48(42)59-50)19-9-8-17-41(63)16-7-3-1-5-13-28-62(29-14-6-2-4-12-26-55-47(65)21-11-10-20-46-49-43(38-70-46)58-51(53)60-49)36-39-22-24-40(25-23-39)44(64)18-15-30-66-32-34-68-35-33-67-31-27-56-61-54/h22-25,42-43,45-46,48-49H,1-21,26-38H2,(H,55,65)(H3,52,57,59)(H3,53,58,60). The first-order valence-electron chi connectivity index (χ1n) is 26.6. The minimum absolute atomic E-state index is 0.124. The predicted octanol–water partition coefficient (Wildman–Crippen LogP) is 7.45. The Morgan fingerprint density at radius 1 is 0.671 bits per heavy atom. The SMILES string of the molecule is [N-]=[N+]=NCCOCCOCCOCCCC(=O)c1ccc(CN(CCCCCCCNC(=O)CCCCC2SCC3NC(N)=NC32)CCCCCCCC(=O)CCCCC2SCC3NC(N)=NC32)cc1. The van der Waals surface area contributed by atoms with E-state index in [0.29, 0.717) is 125 Å². The highest BCUT2D eigenvalue weighted by molar-refractivity contribution is 8.00. The van der Waals surface area contributed by atoms with E-state index < -0.39 is 0 Å². The van der Waals surface area contributed by atoms with Crippen LogP contribution in [0.1, 0.15) is 151 Å². The van der Waals surface area contributed by atoms with E-state index in [-0.39, 0.29) is 17.7 Å². The molecule has 17 nitrogen and oxygen atoms in total. The summed E-state index contributed by atoms with van der Waals surface area (Å²) in [5.41, 5.74) is 22.0. The van der Waals surface area contributed by atoms with Crippen molar-refractivity contribution in [2.24, 2.45) is 26.6 Å². The van der Waals surface area contributed by atoms with Crippen molar-refractivity contribution in [3.8, 4) is 0 Å². The van der Waals surface area contributed by atoms with E-state index in [0.717, 1.165) is 146 Å². The number of hydrogen-bond acceptors (Lipinski definition) is 16. The summed E-state index contributed by atoms with van der Waals surface area (Å²) in [4.78, 5) is 52.5. The third kappa shape index (κ3) is 22.9. The third-order valence-corrected chi connectivity index (χ3v) is 16.6. The summed E-state index contributed by atoms with van der Waals surface area (Å²) >= 11 is 3.97. The lowest BCUT2D eigenvalue weighted by atomic mass is 10.0. The number of benzene rings is 1. The highest BCUT2D eigenvalue weighted by Gasteiger charge is 2.41. The van der Waals surface area contributed by atoms with Gasteiger partial charge >= 0.3 is 0 Å². The van der Waals surface area contributed by atoms with Crippen molar-refractivity contribution in [1.82, 2.24) is 20.9 Å². The Morgan fingerprint density at radius 2 is 1.20 bits per heavy atom. The maximum absolute atomic E-state index is 13.0. The van der Waals surface area contributed by atoms with Crippen LogP contribution in [0.15, 0.2) is 39.4 Å². The van der Waals surface area contributed by atoms with E-state index in [2.05, 4.69) is 53.0 Å².